The largest absolute Gasteiger partial charge is 0.487 e. The van der Waals surface area contributed by atoms with E-state index in [1.54, 1.807) is 36.4 Å². The van der Waals surface area contributed by atoms with Crippen LogP contribution >= 0.6 is 11.6 Å². The number of benzene rings is 2. The minimum absolute atomic E-state index is 0.141. The number of ether oxygens (including phenoxy) is 2. The monoisotopic (exact) mass is 327 g/mol. The van der Waals surface area contributed by atoms with Gasteiger partial charge in [0.05, 0.1) is 5.69 Å². The summed E-state index contributed by atoms with van der Waals surface area (Å²) in [6.45, 7) is 0.299. The van der Waals surface area contributed by atoms with E-state index in [9.17, 15) is 4.79 Å². The molecule has 4 nitrogen and oxygen atoms in total. The van der Waals surface area contributed by atoms with Crippen molar-refractivity contribution in [3.8, 4) is 17.2 Å². The van der Waals surface area contributed by atoms with Crippen LogP contribution in [0.4, 0.5) is 0 Å². The number of rotatable bonds is 5. The number of pyridine rings is 1. The van der Waals surface area contributed by atoms with Crippen molar-refractivity contribution >= 4 is 11.6 Å². The van der Waals surface area contributed by atoms with Crippen LogP contribution in [0.1, 0.15) is 5.69 Å². The average Bonchev–Trinajstić information content (AvgIpc) is 2.56. The summed E-state index contributed by atoms with van der Waals surface area (Å²) in [6.07, 6.45) is 0. The van der Waals surface area contributed by atoms with Gasteiger partial charge in [-0.1, -0.05) is 17.7 Å². The lowest BCUT2D eigenvalue weighted by molar-refractivity contribution is 0.300. The zero-order chi connectivity index (χ0) is 16.1. The van der Waals surface area contributed by atoms with Crippen LogP contribution in [0.15, 0.2) is 71.5 Å². The Morgan fingerprint density at radius 2 is 1.43 bits per heavy atom. The smallest absolute Gasteiger partial charge is 0.248 e. The van der Waals surface area contributed by atoms with Gasteiger partial charge in [-0.05, 0) is 54.6 Å². The highest BCUT2D eigenvalue weighted by atomic mass is 35.5. The topological polar surface area (TPSA) is 51.3 Å². The van der Waals surface area contributed by atoms with Gasteiger partial charge in [0.15, 0.2) is 0 Å². The molecule has 0 spiro atoms. The lowest BCUT2D eigenvalue weighted by Crippen LogP contribution is -2.08. The predicted molar refractivity (Wildman–Crippen MR) is 89.4 cm³/mol. The van der Waals surface area contributed by atoms with Crippen molar-refractivity contribution in [1.82, 2.24) is 4.98 Å². The Morgan fingerprint density at radius 1 is 0.826 bits per heavy atom. The molecule has 0 bridgehead atoms. The fraction of sp³-hybridized carbons (Fsp3) is 0.0556. The Hall–Kier alpha value is -2.72. The zero-order valence-electron chi connectivity index (χ0n) is 12.2. The van der Waals surface area contributed by atoms with Crippen molar-refractivity contribution in [1.29, 1.82) is 0 Å². The molecule has 0 unspecified atom stereocenters. The standard InChI is InChI=1S/C18H14ClNO3/c19-13-4-6-16(7-5-13)23-17-10-8-15(9-11-17)22-12-14-2-1-3-18(21)20-14/h1-11H,12H2,(H,20,21). The Morgan fingerprint density at radius 3 is 2.09 bits per heavy atom. The molecule has 0 aliphatic heterocycles. The van der Waals surface area contributed by atoms with Crippen LogP contribution in [-0.4, -0.2) is 4.98 Å². The van der Waals surface area contributed by atoms with Gasteiger partial charge in [0.2, 0.25) is 5.56 Å². The molecule has 0 amide bonds. The average molecular weight is 328 g/mol. The number of halogens is 1. The van der Waals surface area contributed by atoms with Gasteiger partial charge in [0.25, 0.3) is 0 Å². The van der Waals surface area contributed by atoms with Gasteiger partial charge in [-0.3, -0.25) is 4.79 Å². The third-order valence-corrected chi connectivity index (χ3v) is 3.35. The number of aromatic amines is 1. The predicted octanol–water partition coefficient (Wildman–Crippen LogP) is 4.40. The van der Waals surface area contributed by atoms with Crippen LogP contribution in [0.25, 0.3) is 0 Å². The molecule has 1 aromatic heterocycles. The van der Waals surface area contributed by atoms with E-state index in [1.807, 2.05) is 24.3 Å². The van der Waals surface area contributed by atoms with Gasteiger partial charge >= 0.3 is 0 Å². The number of hydrogen-bond donors (Lipinski definition) is 1. The molecule has 1 N–H and O–H groups in total. The van der Waals surface area contributed by atoms with Crippen molar-refractivity contribution in [2.45, 2.75) is 6.61 Å². The minimum atomic E-state index is -0.141. The minimum Gasteiger partial charge on any atom is -0.487 e. The van der Waals surface area contributed by atoms with E-state index in [-0.39, 0.29) is 5.56 Å². The van der Waals surface area contributed by atoms with Crippen LogP contribution in [0.2, 0.25) is 5.02 Å². The molecule has 0 radical (unpaired) electrons. The molecule has 0 aliphatic rings. The van der Waals surface area contributed by atoms with E-state index in [0.29, 0.717) is 28.9 Å². The van der Waals surface area contributed by atoms with E-state index in [4.69, 9.17) is 21.1 Å². The second-order valence-corrected chi connectivity index (χ2v) is 5.29. The van der Waals surface area contributed by atoms with Gasteiger partial charge in [-0.2, -0.15) is 0 Å². The van der Waals surface area contributed by atoms with Gasteiger partial charge < -0.3 is 14.5 Å². The van der Waals surface area contributed by atoms with Gasteiger partial charge in [0.1, 0.15) is 23.9 Å². The first-order chi connectivity index (χ1) is 11.2. The van der Waals surface area contributed by atoms with Gasteiger partial charge in [-0.25, -0.2) is 0 Å². The molecular formula is C18H14ClNO3. The normalized spacial score (nSPS) is 10.3. The summed E-state index contributed by atoms with van der Waals surface area (Å²) in [4.78, 5) is 13.9. The molecule has 0 aliphatic carbocycles. The van der Waals surface area contributed by atoms with Crippen LogP contribution < -0.4 is 15.0 Å². The molecule has 5 heteroatoms. The van der Waals surface area contributed by atoms with Crippen molar-refractivity contribution in [2.24, 2.45) is 0 Å². The molecule has 23 heavy (non-hydrogen) atoms. The van der Waals surface area contributed by atoms with Crippen LogP contribution in [0.5, 0.6) is 17.2 Å². The lowest BCUT2D eigenvalue weighted by atomic mass is 10.3. The summed E-state index contributed by atoms with van der Waals surface area (Å²) in [5, 5.41) is 0.667. The maximum Gasteiger partial charge on any atom is 0.248 e. The second kappa shape index (κ2) is 7.03. The summed E-state index contributed by atoms with van der Waals surface area (Å²) in [7, 11) is 0. The number of nitrogens with one attached hydrogen (secondary N) is 1. The molecule has 0 atom stereocenters. The first-order valence-corrected chi connectivity index (χ1v) is 7.41. The Bertz CT molecular complexity index is 826. The summed E-state index contributed by atoms with van der Waals surface area (Å²) in [5.41, 5.74) is 0.580. The van der Waals surface area contributed by atoms with Crippen molar-refractivity contribution in [3.63, 3.8) is 0 Å². The molecule has 0 saturated heterocycles. The molecule has 116 valence electrons. The molecule has 1 heterocycles. The zero-order valence-corrected chi connectivity index (χ0v) is 12.9. The lowest BCUT2D eigenvalue weighted by Gasteiger charge is -2.08. The summed E-state index contributed by atoms with van der Waals surface area (Å²) >= 11 is 5.84. The van der Waals surface area contributed by atoms with E-state index >= 15 is 0 Å². The van der Waals surface area contributed by atoms with E-state index in [2.05, 4.69) is 4.98 Å². The molecule has 2 aromatic carbocycles. The molecule has 3 rings (SSSR count). The maximum absolute atomic E-state index is 11.2. The third-order valence-electron chi connectivity index (χ3n) is 3.10. The first kappa shape index (κ1) is 15.2. The quantitative estimate of drug-likeness (QED) is 0.755. The van der Waals surface area contributed by atoms with Gasteiger partial charge in [0, 0.05) is 11.1 Å². The highest BCUT2D eigenvalue weighted by Crippen LogP contribution is 2.25. The van der Waals surface area contributed by atoms with Crippen LogP contribution in [-0.2, 0) is 6.61 Å². The SMILES string of the molecule is O=c1cccc(COc2ccc(Oc3ccc(Cl)cc3)cc2)[nH]1. The molecular weight excluding hydrogens is 314 g/mol. The molecule has 0 fully saturated rings. The Balaban J connectivity index is 1.60. The van der Waals surface area contributed by atoms with E-state index in [0.717, 1.165) is 5.69 Å². The second-order valence-electron chi connectivity index (χ2n) is 4.86. The number of aromatic nitrogens is 1. The number of hydrogen-bond acceptors (Lipinski definition) is 3. The Labute approximate surface area is 138 Å². The summed E-state index contributed by atoms with van der Waals surface area (Å²) in [5.74, 6) is 2.11. The van der Waals surface area contributed by atoms with Crippen molar-refractivity contribution in [3.05, 3.63) is 87.8 Å². The van der Waals surface area contributed by atoms with Crippen molar-refractivity contribution in [2.75, 3.05) is 0 Å². The molecule has 3 aromatic rings. The fourth-order valence-electron chi connectivity index (χ4n) is 1.98. The van der Waals surface area contributed by atoms with Crippen molar-refractivity contribution < 1.29 is 9.47 Å². The summed E-state index contributed by atoms with van der Waals surface area (Å²) < 4.78 is 11.3. The van der Waals surface area contributed by atoms with Crippen LogP contribution in [0.3, 0.4) is 0 Å². The fourth-order valence-corrected chi connectivity index (χ4v) is 2.11. The van der Waals surface area contributed by atoms with E-state index in [1.165, 1.54) is 6.07 Å². The highest BCUT2D eigenvalue weighted by Gasteiger charge is 2.00. The van der Waals surface area contributed by atoms with E-state index < -0.39 is 0 Å². The highest BCUT2D eigenvalue weighted by molar-refractivity contribution is 6.30. The molecule has 0 saturated carbocycles. The third kappa shape index (κ3) is 4.37. The number of H-pyrrole nitrogens is 1. The van der Waals surface area contributed by atoms with Crippen LogP contribution in [0, 0.1) is 0 Å². The maximum atomic E-state index is 11.2. The summed E-state index contributed by atoms with van der Waals surface area (Å²) in [6, 6.07) is 19.4. The Kier molecular flexibility index (Phi) is 4.64. The first-order valence-electron chi connectivity index (χ1n) is 7.03. The van der Waals surface area contributed by atoms with Gasteiger partial charge in [-0.15, -0.1) is 0 Å².